The fraction of sp³-hybridized carbons (Fsp3) is 0.294. The van der Waals surface area contributed by atoms with Crippen molar-refractivity contribution < 1.29 is 43.5 Å². The van der Waals surface area contributed by atoms with Gasteiger partial charge in [-0.2, -0.15) is 0 Å². The molecule has 2 aliphatic heterocycles. The van der Waals surface area contributed by atoms with Crippen molar-refractivity contribution in [3.8, 4) is 11.5 Å². The van der Waals surface area contributed by atoms with Gasteiger partial charge < -0.3 is 19.9 Å². The van der Waals surface area contributed by atoms with Gasteiger partial charge in [0, 0.05) is 5.92 Å². The molecular formula is C34H29BClFN2O8. The summed E-state index contributed by atoms with van der Waals surface area (Å²) in [5.41, 5.74) is 0.259. The number of hydrogen-bond acceptors (Lipinski definition) is 8. The van der Waals surface area contributed by atoms with E-state index in [2.05, 4.69) is 0 Å². The highest BCUT2D eigenvalue weighted by molar-refractivity contribution is 6.58. The summed E-state index contributed by atoms with van der Waals surface area (Å²) in [6, 6.07) is 14.3. The van der Waals surface area contributed by atoms with Gasteiger partial charge in [0.25, 0.3) is 0 Å². The highest BCUT2D eigenvalue weighted by Crippen LogP contribution is 2.64. The Bertz CT molecular complexity index is 1920. The van der Waals surface area contributed by atoms with E-state index in [9.17, 15) is 38.7 Å². The number of carbonyl (C=O) groups is 4. The zero-order valence-corrected chi connectivity index (χ0v) is 26.0. The number of carbonyl (C=O) groups excluding carboxylic acids is 4. The van der Waals surface area contributed by atoms with Crippen LogP contribution in [0.15, 0.2) is 72.3 Å². The average Bonchev–Trinajstić information content (AvgIpc) is 3.41. The van der Waals surface area contributed by atoms with Gasteiger partial charge in [-0.25, -0.2) is 9.29 Å². The molecule has 3 aromatic rings. The van der Waals surface area contributed by atoms with Crippen molar-refractivity contribution in [2.45, 2.75) is 25.7 Å². The van der Waals surface area contributed by atoms with Gasteiger partial charge in [0.1, 0.15) is 5.82 Å². The number of fused-ring (bicyclic) bond motifs is 4. The first-order chi connectivity index (χ1) is 22.4. The Morgan fingerprint density at radius 1 is 0.936 bits per heavy atom. The fourth-order valence-corrected chi connectivity index (χ4v) is 8.41. The molecule has 3 N–H and O–H groups in total. The average molecular weight is 659 g/mol. The second-order valence-electron chi connectivity index (χ2n) is 12.7. The third kappa shape index (κ3) is 4.46. The second-order valence-corrected chi connectivity index (χ2v) is 13.1. The van der Waals surface area contributed by atoms with Crippen LogP contribution in [0.25, 0.3) is 0 Å². The molecule has 0 aromatic heterocycles. The molecule has 6 atom stereocenters. The number of nitrogens with zero attached hydrogens (tertiary/aromatic N) is 2. The lowest BCUT2D eigenvalue weighted by atomic mass is 9.51. The SMILES string of the molecule is COc1ccc(C2C3=CCC4C(=O)N(c5cccc(B(O)O)c5)C(=O)C4C3CC3C(=O)N(c4ccc(F)c(Cl)c4)C(=O)C32C)cc1O. The van der Waals surface area contributed by atoms with Crippen molar-refractivity contribution in [3.63, 3.8) is 0 Å². The van der Waals surface area contributed by atoms with E-state index in [-0.39, 0.29) is 46.2 Å². The molecule has 2 heterocycles. The molecule has 13 heteroatoms. The Balaban J connectivity index is 1.36. The molecule has 0 bridgehead atoms. The van der Waals surface area contributed by atoms with Crippen molar-refractivity contribution in [2.24, 2.45) is 29.1 Å². The standard InChI is InChI=1S/C34H29BClFN2O8/c1-34-23(31(42)39(33(34)44)19-7-10-25(37)24(36)14-19)15-22-20(29(34)16-6-11-27(47-2)26(40)12-16)8-9-21-28(22)32(43)38(30(21)41)18-5-3-4-17(13-18)35(45)46/h3-8,10-14,21-23,28-29,40,45-46H,9,15H2,1-2H3. The van der Waals surface area contributed by atoms with Crippen LogP contribution in [0, 0.1) is 34.9 Å². The summed E-state index contributed by atoms with van der Waals surface area (Å²) in [7, 11) is -0.399. The summed E-state index contributed by atoms with van der Waals surface area (Å²) in [6.07, 6.45) is 2.15. The maximum Gasteiger partial charge on any atom is 0.488 e. The molecule has 3 fully saturated rings. The molecule has 0 radical (unpaired) electrons. The van der Waals surface area contributed by atoms with E-state index in [0.29, 0.717) is 11.1 Å². The number of aromatic hydroxyl groups is 1. The largest absolute Gasteiger partial charge is 0.504 e. The topological polar surface area (TPSA) is 145 Å². The molecule has 4 aliphatic rings. The number of phenolic OH excluding ortho intramolecular Hbond substituents is 1. The van der Waals surface area contributed by atoms with Crippen LogP contribution in [0.1, 0.15) is 31.2 Å². The summed E-state index contributed by atoms with van der Waals surface area (Å²) in [6.45, 7) is 1.69. The van der Waals surface area contributed by atoms with Crippen molar-refractivity contribution in [1.29, 1.82) is 0 Å². The lowest BCUT2D eigenvalue weighted by Gasteiger charge is -2.49. The zero-order valence-electron chi connectivity index (χ0n) is 25.3. The molecule has 2 saturated heterocycles. The lowest BCUT2D eigenvalue weighted by molar-refractivity contribution is -0.131. The quantitative estimate of drug-likeness (QED) is 0.215. The van der Waals surface area contributed by atoms with Gasteiger partial charge in [-0.05, 0) is 79.2 Å². The van der Waals surface area contributed by atoms with Crippen molar-refractivity contribution in [3.05, 3.63) is 88.7 Å². The van der Waals surface area contributed by atoms with E-state index in [1.165, 1.54) is 43.5 Å². The number of amides is 4. The molecule has 7 rings (SSSR count). The minimum Gasteiger partial charge on any atom is -0.504 e. The van der Waals surface area contributed by atoms with E-state index in [1.807, 2.05) is 6.08 Å². The number of hydrogen-bond donors (Lipinski definition) is 3. The second kappa shape index (κ2) is 11.0. The lowest BCUT2D eigenvalue weighted by Crippen LogP contribution is -2.48. The van der Waals surface area contributed by atoms with Crippen LogP contribution in [0.5, 0.6) is 11.5 Å². The van der Waals surface area contributed by atoms with Crippen LogP contribution < -0.4 is 20.0 Å². The highest BCUT2D eigenvalue weighted by Gasteiger charge is 2.67. The molecule has 4 amide bonds. The number of allylic oxidation sites excluding steroid dienone is 2. The van der Waals surface area contributed by atoms with E-state index in [1.54, 1.807) is 25.1 Å². The summed E-state index contributed by atoms with van der Waals surface area (Å²) in [5, 5.41) is 30.0. The van der Waals surface area contributed by atoms with E-state index >= 15 is 0 Å². The zero-order chi connectivity index (χ0) is 33.5. The third-order valence-electron chi connectivity index (χ3n) is 10.4. The number of rotatable bonds is 5. The Hall–Kier alpha value is -4.52. The van der Waals surface area contributed by atoms with Crippen LogP contribution >= 0.6 is 11.6 Å². The van der Waals surface area contributed by atoms with Gasteiger partial charge in [0.15, 0.2) is 11.5 Å². The monoisotopic (exact) mass is 658 g/mol. The first-order valence-corrected chi connectivity index (χ1v) is 15.5. The van der Waals surface area contributed by atoms with E-state index < -0.39 is 71.6 Å². The number of phenols is 1. The number of imide groups is 2. The van der Waals surface area contributed by atoms with Crippen molar-refractivity contribution in [2.75, 3.05) is 16.9 Å². The minimum absolute atomic E-state index is 0.0837. The smallest absolute Gasteiger partial charge is 0.488 e. The Kier molecular flexibility index (Phi) is 7.30. The van der Waals surface area contributed by atoms with Crippen LogP contribution in [0.3, 0.4) is 0 Å². The van der Waals surface area contributed by atoms with Gasteiger partial charge in [-0.1, -0.05) is 41.4 Å². The number of methoxy groups -OCH3 is 1. The predicted octanol–water partition coefficient (Wildman–Crippen LogP) is 3.31. The number of anilines is 2. The molecular weight excluding hydrogens is 630 g/mol. The molecule has 240 valence electrons. The van der Waals surface area contributed by atoms with E-state index in [0.717, 1.165) is 15.9 Å². The maximum absolute atomic E-state index is 14.5. The summed E-state index contributed by atoms with van der Waals surface area (Å²) in [4.78, 5) is 58.9. The molecule has 10 nitrogen and oxygen atoms in total. The number of halogens is 2. The Morgan fingerprint density at radius 2 is 1.68 bits per heavy atom. The maximum atomic E-state index is 14.5. The third-order valence-corrected chi connectivity index (χ3v) is 10.7. The molecule has 3 aromatic carbocycles. The van der Waals surface area contributed by atoms with Crippen LogP contribution in [0.2, 0.25) is 5.02 Å². The molecule has 1 saturated carbocycles. The summed E-state index contributed by atoms with van der Waals surface area (Å²) < 4.78 is 19.3. The van der Waals surface area contributed by atoms with Crippen LogP contribution in [0.4, 0.5) is 15.8 Å². The Labute approximate surface area is 274 Å². The van der Waals surface area contributed by atoms with Gasteiger partial charge in [-0.3, -0.25) is 24.1 Å². The van der Waals surface area contributed by atoms with Gasteiger partial charge in [-0.15, -0.1) is 0 Å². The van der Waals surface area contributed by atoms with Gasteiger partial charge >= 0.3 is 7.12 Å². The van der Waals surface area contributed by atoms with Crippen molar-refractivity contribution in [1.82, 2.24) is 0 Å². The highest BCUT2D eigenvalue weighted by atomic mass is 35.5. The molecule has 47 heavy (non-hydrogen) atoms. The molecule has 0 spiro atoms. The first kappa shape index (κ1) is 31.1. The molecule has 6 unspecified atom stereocenters. The first-order valence-electron chi connectivity index (χ1n) is 15.1. The van der Waals surface area contributed by atoms with E-state index in [4.69, 9.17) is 16.3 Å². The van der Waals surface area contributed by atoms with Crippen molar-refractivity contribution >= 4 is 59.2 Å². The fourth-order valence-electron chi connectivity index (χ4n) is 8.23. The summed E-state index contributed by atoms with van der Waals surface area (Å²) >= 11 is 6.05. The van der Waals surface area contributed by atoms with Gasteiger partial charge in [0.2, 0.25) is 23.6 Å². The summed E-state index contributed by atoms with van der Waals surface area (Å²) in [5.74, 6) is -6.64. The predicted molar refractivity (Wildman–Crippen MR) is 169 cm³/mol. The number of benzene rings is 3. The van der Waals surface area contributed by atoms with Crippen LogP contribution in [-0.2, 0) is 19.2 Å². The molecule has 2 aliphatic carbocycles. The van der Waals surface area contributed by atoms with Crippen LogP contribution in [-0.4, -0.2) is 53.0 Å². The normalized spacial score (nSPS) is 28.2. The minimum atomic E-state index is -1.80. The number of ether oxygens (including phenoxy) is 1. The Morgan fingerprint density at radius 3 is 2.36 bits per heavy atom. The van der Waals surface area contributed by atoms with Gasteiger partial charge in [0.05, 0.1) is 46.7 Å².